The quantitative estimate of drug-likeness (QED) is 0.696. The first-order valence-corrected chi connectivity index (χ1v) is 8.12. The summed E-state index contributed by atoms with van der Waals surface area (Å²) in [6.07, 6.45) is 0. The molecule has 1 rings (SSSR count). The lowest BCUT2D eigenvalue weighted by Gasteiger charge is -2.14. The summed E-state index contributed by atoms with van der Waals surface area (Å²) in [5.74, 6) is 0. The summed E-state index contributed by atoms with van der Waals surface area (Å²) >= 11 is 1.47. The van der Waals surface area contributed by atoms with Gasteiger partial charge in [-0.2, -0.15) is 5.26 Å². The monoisotopic (exact) mass is 196 g/mol. The Balaban J connectivity index is 3.28. The summed E-state index contributed by atoms with van der Waals surface area (Å²) in [6.45, 7) is 6.65. The molecule has 0 saturated heterocycles. The normalized spacial score (nSPS) is 11.2. The van der Waals surface area contributed by atoms with Crippen LogP contribution in [-0.2, 0) is 0 Å². The molecule has 64 valence electrons. The number of anilines is 1. The van der Waals surface area contributed by atoms with Gasteiger partial charge in [0.2, 0.25) is 0 Å². The fraction of sp³-hybridized carbons (Fsp3) is 0.375. The zero-order valence-electron chi connectivity index (χ0n) is 7.51. The predicted molar refractivity (Wildman–Crippen MR) is 56.4 cm³/mol. The van der Waals surface area contributed by atoms with Gasteiger partial charge in [0.15, 0.2) is 0 Å². The minimum atomic E-state index is -1.37. The lowest BCUT2D eigenvalue weighted by Crippen LogP contribution is -2.38. The Labute approximate surface area is 77.6 Å². The number of thiophene rings is 1. The van der Waals surface area contributed by atoms with E-state index in [1.54, 1.807) is 0 Å². The highest BCUT2D eigenvalue weighted by Crippen LogP contribution is 2.19. The second-order valence-electron chi connectivity index (χ2n) is 3.75. The number of nitriles is 1. The zero-order chi connectivity index (χ0) is 9.35. The average Bonchev–Trinajstić information content (AvgIpc) is 2.29. The molecule has 2 nitrogen and oxygen atoms in total. The summed E-state index contributed by atoms with van der Waals surface area (Å²) in [6, 6.07) is 2.17. The first-order valence-electron chi connectivity index (χ1n) is 3.74. The van der Waals surface area contributed by atoms with Crippen LogP contribution in [0.5, 0.6) is 0 Å². The first-order chi connectivity index (χ1) is 5.46. The van der Waals surface area contributed by atoms with Crippen LogP contribution in [0, 0.1) is 11.3 Å². The maximum atomic E-state index is 8.85. The molecule has 0 aromatic carbocycles. The van der Waals surface area contributed by atoms with Crippen LogP contribution in [0.15, 0.2) is 5.38 Å². The van der Waals surface area contributed by atoms with Gasteiger partial charge in [-0.1, -0.05) is 19.6 Å². The van der Waals surface area contributed by atoms with Crippen molar-refractivity contribution in [2.24, 2.45) is 0 Å². The molecule has 12 heavy (non-hydrogen) atoms. The van der Waals surface area contributed by atoms with E-state index in [0.29, 0.717) is 10.6 Å². The second kappa shape index (κ2) is 2.92. The Bertz CT molecular complexity index is 330. The zero-order valence-corrected chi connectivity index (χ0v) is 9.33. The van der Waals surface area contributed by atoms with Gasteiger partial charge < -0.3 is 5.73 Å². The van der Waals surface area contributed by atoms with E-state index in [2.05, 4.69) is 25.7 Å². The van der Waals surface area contributed by atoms with Crippen molar-refractivity contribution in [2.45, 2.75) is 19.6 Å². The van der Waals surface area contributed by atoms with Crippen molar-refractivity contribution < 1.29 is 0 Å². The Hall–Kier alpha value is -0.793. The molecule has 1 aromatic rings. The van der Waals surface area contributed by atoms with Crippen LogP contribution in [0.1, 0.15) is 5.56 Å². The van der Waals surface area contributed by atoms with Gasteiger partial charge in [-0.3, -0.25) is 0 Å². The molecule has 1 aromatic heterocycles. The lowest BCUT2D eigenvalue weighted by molar-refractivity contribution is 1.51. The van der Waals surface area contributed by atoms with Crippen molar-refractivity contribution in [3.05, 3.63) is 10.9 Å². The molecule has 0 aliphatic rings. The van der Waals surface area contributed by atoms with Crippen LogP contribution < -0.4 is 10.9 Å². The molecule has 0 saturated carbocycles. The number of rotatable bonds is 1. The van der Waals surface area contributed by atoms with E-state index in [9.17, 15) is 0 Å². The first kappa shape index (κ1) is 9.30. The van der Waals surface area contributed by atoms with Gasteiger partial charge in [0.1, 0.15) is 11.1 Å². The predicted octanol–water partition coefficient (Wildman–Crippen LogP) is 1.75. The van der Waals surface area contributed by atoms with Crippen LogP contribution in [0.25, 0.3) is 0 Å². The van der Waals surface area contributed by atoms with E-state index in [1.165, 1.54) is 16.5 Å². The molecule has 0 spiro atoms. The van der Waals surface area contributed by atoms with Crippen LogP contribution in [0.4, 0.5) is 5.00 Å². The molecule has 0 aliphatic carbocycles. The van der Waals surface area contributed by atoms with Gasteiger partial charge in [-0.15, -0.1) is 11.3 Å². The van der Waals surface area contributed by atoms with Crippen LogP contribution >= 0.6 is 11.3 Å². The highest BCUT2D eigenvalue weighted by molar-refractivity contribution is 7.16. The number of nitrogen functional groups attached to an aromatic ring is 1. The van der Waals surface area contributed by atoms with E-state index in [-0.39, 0.29) is 0 Å². The van der Waals surface area contributed by atoms with Crippen molar-refractivity contribution in [1.29, 1.82) is 5.26 Å². The molecule has 1 heterocycles. The number of nitrogens with two attached hydrogens (primary N) is 1. The van der Waals surface area contributed by atoms with Crippen LogP contribution in [-0.4, -0.2) is 8.07 Å². The molecule has 2 N–H and O–H groups in total. The highest BCUT2D eigenvalue weighted by Gasteiger charge is 2.22. The minimum absolute atomic E-state index is 0.662. The third-order valence-corrected chi connectivity index (χ3v) is 4.77. The fourth-order valence-corrected chi connectivity index (χ4v) is 4.30. The summed E-state index contributed by atoms with van der Waals surface area (Å²) in [5, 5.41) is 12.7. The molecule has 0 bridgehead atoms. The number of nitrogens with zero attached hydrogens (tertiary/aromatic N) is 1. The molecule has 0 fully saturated rings. The van der Waals surface area contributed by atoms with E-state index < -0.39 is 8.07 Å². The molecule has 0 aliphatic heterocycles. The molecule has 0 atom stereocenters. The summed E-state index contributed by atoms with van der Waals surface area (Å²) in [4.78, 5) is 0. The highest BCUT2D eigenvalue weighted by atomic mass is 32.1. The van der Waals surface area contributed by atoms with E-state index in [1.807, 2.05) is 5.38 Å². The second-order valence-corrected chi connectivity index (χ2v) is 9.70. The minimum Gasteiger partial charge on any atom is -0.390 e. The molecule has 4 heteroatoms. The third-order valence-electron chi connectivity index (χ3n) is 1.74. The van der Waals surface area contributed by atoms with Crippen molar-refractivity contribution in [1.82, 2.24) is 0 Å². The molecule has 0 unspecified atom stereocenters. The summed E-state index contributed by atoms with van der Waals surface area (Å²) in [5.41, 5.74) is 6.37. The molecule has 0 amide bonds. The largest absolute Gasteiger partial charge is 0.390 e. The van der Waals surface area contributed by atoms with Gasteiger partial charge in [0.25, 0.3) is 0 Å². The van der Waals surface area contributed by atoms with Gasteiger partial charge >= 0.3 is 0 Å². The van der Waals surface area contributed by atoms with Gasteiger partial charge in [0, 0.05) is 0 Å². The van der Waals surface area contributed by atoms with Gasteiger partial charge in [-0.05, 0) is 10.6 Å². The van der Waals surface area contributed by atoms with Crippen LogP contribution in [0.2, 0.25) is 19.6 Å². The molecule has 0 radical (unpaired) electrons. The Kier molecular flexibility index (Phi) is 2.26. The molecular formula is C8H12N2SSi. The van der Waals surface area contributed by atoms with Crippen molar-refractivity contribution in [3.63, 3.8) is 0 Å². The van der Waals surface area contributed by atoms with Crippen molar-refractivity contribution >= 4 is 29.6 Å². The fourth-order valence-electron chi connectivity index (χ4n) is 1.04. The Morgan fingerprint density at radius 1 is 1.50 bits per heavy atom. The standard InChI is InChI=1S/C8H12N2SSi/c1-12(2,3)7-5-11-8(10)6(7)4-9/h5H,10H2,1-3H3. The van der Waals surface area contributed by atoms with E-state index >= 15 is 0 Å². The smallest absolute Gasteiger partial charge is 0.104 e. The van der Waals surface area contributed by atoms with Crippen molar-refractivity contribution in [3.8, 4) is 6.07 Å². The topological polar surface area (TPSA) is 49.8 Å². The van der Waals surface area contributed by atoms with Gasteiger partial charge in [0.05, 0.1) is 13.6 Å². The Morgan fingerprint density at radius 2 is 2.08 bits per heavy atom. The maximum absolute atomic E-state index is 8.85. The van der Waals surface area contributed by atoms with E-state index in [0.717, 1.165) is 0 Å². The summed E-state index contributed by atoms with van der Waals surface area (Å²) in [7, 11) is -1.37. The number of hydrogen-bond acceptors (Lipinski definition) is 3. The third kappa shape index (κ3) is 1.52. The van der Waals surface area contributed by atoms with E-state index in [4.69, 9.17) is 11.0 Å². The SMILES string of the molecule is C[Si](C)(C)c1csc(N)c1C#N. The van der Waals surface area contributed by atoms with Gasteiger partial charge in [-0.25, -0.2) is 0 Å². The maximum Gasteiger partial charge on any atom is 0.104 e. The van der Waals surface area contributed by atoms with Crippen molar-refractivity contribution in [2.75, 3.05) is 5.73 Å². The Morgan fingerprint density at radius 3 is 2.42 bits per heavy atom. The summed E-state index contributed by atoms with van der Waals surface area (Å²) < 4.78 is 0. The average molecular weight is 196 g/mol. The van der Waals surface area contributed by atoms with Crippen LogP contribution in [0.3, 0.4) is 0 Å². The number of hydrogen-bond donors (Lipinski definition) is 1. The molecular weight excluding hydrogens is 184 g/mol. The lowest BCUT2D eigenvalue weighted by atomic mass is 10.3.